The van der Waals surface area contributed by atoms with Crippen LogP contribution in [0.1, 0.15) is 26.3 Å². The lowest BCUT2D eigenvalue weighted by molar-refractivity contribution is -0.113. The van der Waals surface area contributed by atoms with E-state index in [1.54, 1.807) is 18.2 Å². The molecule has 4 heteroatoms. The van der Waals surface area contributed by atoms with Gasteiger partial charge in [-0.15, -0.1) is 11.8 Å². The summed E-state index contributed by atoms with van der Waals surface area (Å²) in [6.07, 6.45) is 0. The van der Waals surface area contributed by atoms with Crippen LogP contribution in [0.2, 0.25) is 0 Å². The maximum Gasteiger partial charge on any atom is 0.234 e. The largest absolute Gasteiger partial charge is 0.325 e. The summed E-state index contributed by atoms with van der Waals surface area (Å²) in [5.74, 6) is -0.256. The van der Waals surface area contributed by atoms with Crippen molar-refractivity contribution in [3.05, 3.63) is 59.9 Å². The second-order valence-electron chi connectivity index (χ2n) is 6.09. The zero-order valence-electron chi connectivity index (χ0n) is 13.0. The highest BCUT2D eigenvalue weighted by Gasteiger charge is 2.13. The number of amides is 1. The average molecular weight is 317 g/mol. The van der Waals surface area contributed by atoms with E-state index in [0.29, 0.717) is 4.90 Å². The van der Waals surface area contributed by atoms with Crippen LogP contribution < -0.4 is 5.32 Å². The Labute approximate surface area is 135 Å². The SMILES string of the molecule is CC(C)(C)c1ccc(NC(=O)CSc2ccccc2F)cc1. The number of nitrogens with one attached hydrogen (secondary N) is 1. The van der Waals surface area contributed by atoms with Gasteiger partial charge in [0.15, 0.2) is 0 Å². The molecule has 22 heavy (non-hydrogen) atoms. The number of anilines is 1. The Kier molecular flexibility index (Phi) is 5.24. The van der Waals surface area contributed by atoms with E-state index in [1.807, 2.05) is 24.3 Å². The van der Waals surface area contributed by atoms with Crippen molar-refractivity contribution in [1.82, 2.24) is 0 Å². The molecule has 2 rings (SSSR count). The molecule has 0 aliphatic carbocycles. The number of carbonyl (C=O) groups excluding carboxylic acids is 1. The summed E-state index contributed by atoms with van der Waals surface area (Å²) < 4.78 is 13.5. The minimum Gasteiger partial charge on any atom is -0.325 e. The average Bonchev–Trinajstić information content (AvgIpc) is 2.46. The van der Waals surface area contributed by atoms with Gasteiger partial charge in [0.05, 0.1) is 5.75 Å². The first-order valence-electron chi connectivity index (χ1n) is 7.14. The van der Waals surface area contributed by atoms with Gasteiger partial charge in [0.2, 0.25) is 5.91 Å². The number of halogens is 1. The topological polar surface area (TPSA) is 29.1 Å². The lowest BCUT2D eigenvalue weighted by Gasteiger charge is -2.19. The molecular formula is C18H20FNOS. The van der Waals surface area contributed by atoms with E-state index < -0.39 is 0 Å². The molecule has 0 spiro atoms. The van der Waals surface area contributed by atoms with Gasteiger partial charge >= 0.3 is 0 Å². The van der Waals surface area contributed by atoms with Gasteiger partial charge in [0.1, 0.15) is 5.82 Å². The van der Waals surface area contributed by atoms with Crippen LogP contribution >= 0.6 is 11.8 Å². The van der Waals surface area contributed by atoms with Crippen molar-refractivity contribution in [3.8, 4) is 0 Å². The molecule has 0 aliphatic heterocycles. The maximum absolute atomic E-state index is 13.5. The highest BCUT2D eigenvalue weighted by atomic mass is 32.2. The van der Waals surface area contributed by atoms with Crippen molar-refractivity contribution < 1.29 is 9.18 Å². The first-order chi connectivity index (χ1) is 10.4. The van der Waals surface area contributed by atoms with Crippen LogP contribution in [0.4, 0.5) is 10.1 Å². The predicted octanol–water partition coefficient (Wildman–Crippen LogP) is 4.85. The smallest absolute Gasteiger partial charge is 0.234 e. The minimum absolute atomic E-state index is 0.0865. The minimum atomic E-state index is -0.296. The molecule has 0 fully saturated rings. The number of rotatable bonds is 4. The summed E-state index contributed by atoms with van der Waals surface area (Å²) in [5.41, 5.74) is 2.06. The molecule has 0 bridgehead atoms. The molecule has 2 aromatic rings. The molecule has 0 aliphatic rings. The Balaban J connectivity index is 1.91. The molecule has 0 unspecified atom stereocenters. The van der Waals surface area contributed by atoms with Crippen molar-refractivity contribution in [2.75, 3.05) is 11.1 Å². The van der Waals surface area contributed by atoms with E-state index in [9.17, 15) is 9.18 Å². The molecule has 2 nitrogen and oxygen atoms in total. The van der Waals surface area contributed by atoms with Crippen LogP contribution in [-0.2, 0) is 10.2 Å². The lowest BCUT2D eigenvalue weighted by Crippen LogP contribution is -2.15. The monoisotopic (exact) mass is 317 g/mol. The van der Waals surface area contributed by atoms with E-state index in [4.69, 9.17) is 0 Å². The van der Waals surface area contributed by atoms with Crippen molar-refractivity contribution in [1.29, 1.82) is 0 Å². The summed E-state index contributed by atoms with van der Waals surface area (Å²) in [6.45, 7) is 6.43. The third-order valence-electron chi connectivity index (χ3n) is 3.23. The van der Waals surface area contributed by atoms with Crippen LogP contribution in [0.3, 0.4) is 0 Å². The quantitative estimate of drug-likeness (QED) is 0.816. The molecule has 1 amide bonds. The van der Waals surface area contributed by atoms with Gasteiger partial charge in [-0.2, -0.15) is 0 Å². The molecule has 0 heterocycles. The summed E-state index contributed by atoms with van der Waals surface area (Å²) in [5, 5.41) is 2.83. The van der Waals surface area contributed by atoms with Gasteiger partial charge < -0.3 is 5.32 Å². The maximum atomic E-state index is 13.5. The lowest BCUT2D eigenvalue weighted by atomic mass is 9.87. The van der Waals surface area contributed by atoms with E-state index in [0.717, 1.165) is 5.69 Å². The third-order valence-corrected chi connectivity index (χ3v) is 4.28. The number of hydrogen-bond donors (Lipinski definition) is 1. The Morgan fingerprint density at radius 1 is 1.09 bits per heavy atom. The molecule has 0 saturated carbocycles. The number of thioether (sulfide) groups is 1. The van der Waals surface area contributed by atoms with Crippen LogP contribution in [-0.4, -0.2) is 11.7 Å². The Morgan fingerprint density at radius 3 is 2.32 bits per heavy atom. The summed E-state index contributed by atoms with van der Waals surface area (Å²) in [6, 6.07) is 14.3. The molecule has 1 N–H and O–H groups in total. The van der Waals surface area contributed by atoms with E-state index >= 15 is 0 Å². The van der Waals surface area contributed by atoms with Gasteiger partial charge in [0.25, 0.3) is 0 Å². The Morgan fingerprint density at radius 2 is 1.73 bits per heavy atom. The molecule has 0 saturated heterocycles. The Hall–Kier alpha value is -1.81. The van der Waals surface area contributed by atoms with Crippen molar-refractivity contribution in [2.24, 2.45) is 0 Å². The fourth-order valence-corrected chi connectivity index (χ4v) is 2.70. The van der Waals surface area contributed by atoms with Gasteiger partial charge in [0, 0.05) is 10.6 Å². The number of benzene rings is 2. The molecule has 0 atom stereocenters. The molecular weight excluding hydrogens is 297 g/mol. The van der Waals surface area contributed by atoms with Gasteiger partial charge in [-0.1, -0.05) is 45.0 Å². The third kappa shape index (κ3) is 4.60. The van der Waals surface area contributed by atoms with Gasteiger partial charge in [-0.25, -0.2) is 4.39 Å². The number of carbonyl (C=O) groups is 1. The fraction of sp³-hybridized carbons (Fsp3) is 0.278. The molecule has 0 aromatic heterocycles. The van der Waals surface area contributed by atoms with E-state index in [1.165, 1.54) is 23.4 Å². The summed E-state index contributed by atoms with van der Waals surface area (Å²) in [7, 11) is 0. The second kappa shape index (κ2) is 6.97. The van der Waals surface area contributed by atoms with Crippen molar-refractivity contribution in [2.45, 2.75) is 31.1 Å². The van der Waals surface area contributed by atoms with Crippen LogP contribution in [0.15, 0.2) is 53.4 Å². The number of hydrogen-bond acceptors (Lipinski definition) is 2. The first-order valence-corrected chi connectivity index (χ1v) is 8.12. The first kappa shape index (κ1) is 16.6. The molecule has 2 aromatic carbocycles. The van der Waals surface area contributed by atoms with Gasteiger partial charge in [-0.3, -0.25) is 4.79 Å². The summed E-state index contributed by atoms with van der Waals surface area (Å²) in [4.78, 5) is 12.4. The van der Waals surface area contributed by atoms with E-state index in [-0.39, 0.29) is 22.9 Å². The molecule has 0 radical (unpaired) electrons. The highest BCUT2D eigenvalue weighted by molar-refractivity contribution is 8.00. The zero-order valence-corrected chi connectivity index (χ0v) is 13.8. The van der Waals surface area contributed by atoms with Crippen LogP contribution in [0.5, 0.6) is 0 Å². The Bertz CT molecular complexity index is 647. The van der Waals surface area contributed by atoms with Crippen LogP contribution in [0.25, 0.3) is 0 Å². The normalized spacial score (nSPS) is 11.3. The van der Waals surface area contributed by atoms with Crippen LogP contribution in [0, 0.1) is 5.82 Å². The van der Waals surface area contributed by atoms with Crippen molar-refractivity contribution in [3.63, 3.8) is 0 Å². The van der Waals surface area contributed by atoms with Crippen molar-refractivity contribution >= 4 is 23.4 Å². The fourth-order valence-electron chi connectivity index (χ4n) is 1.96. The molecule has 116 valence electrons. The zero-order chi connectivity index (χ0) is 16.2. The van der Waals surface area contributed by atoms with E-state index in [2.05, 4.69) is 26.1 Å². The highest BCUT2D eigenvalue weighted by Crippen LogP contribution is 2.24. The standard InChI is InChI=1S/C18H20FNOS/c1-18(2,3)13-8-10-14(11-9-13)20-17(21)12-22-16-7-5-4-6-15(16)19/h4-11H,12H2,1-3H3,(H,20,21). The predicted molar refractivity (Wildman–Crippen MR) is 90.9 cm³/mol. The summed E-state index contributed by atoms with van der Waals surface area (Å²) >= 11 is 1.19. The van der Waals surface area contributed by atoms with Gasteiger partial charge in [-0.05, 0) is 35.2 Å². The second-order valence-corrected chi connectivity index (χ2v) is 7.11.